The van der Waals surface area contributed by atoms with Gasteiger partial charge in [-0.2, -0.15) is 18.3 Å². The zero-order valence-corrected chi connectivity index (χ0v) is 20.1. The molecule has 0 spiro atoms. The number of benzene rings is 2. The van der Waals surface area contributed by atoms with Crippen LogP contribution in [0.3, 0.4) is 0 Å². The molecule has 1 aliphatic heterocycles. The summed E-state index contributed by atoms with van der Waals surface area (Å²) in [5, 5.41) is 10.1. The SMILES string of the molecule is Cc1ccc([C@H]2C[C@@H](C(F)(F)F)n3nc(C(=O)NNC(=S)Nc4ccccc4C)cc3N2)cc1C. The van der Waals surface area contributed by atoms with Gasteiger partial charge in [0, 0.05) is 18.2 Å². The van der Waals surface area contributed by atoms with Gasteiger partial charge in [0.15, 0.2) is 16.8 Å². The molecule has 11 heteroatoms. The zero-order chi connectivity index (χ0) is 25.3. The average Bonchev–Trinajstić information content (AvgIpc) is 3.24. The predicted molar refractivity (Wildman–Crippen MR) is 132 cm³/mol. The normalized spacial score (nSPS) is 17.2. The quantitative estimate of drug-likeness (QED) is 0.295. The van der Waals surface area contributed by atoms with Crippen LogP contribution in [0.25, 0.3) is 0 Å². The maximum absolute atomic E-state index is 13.9. The maximum atomic E-state index is 13.9. The Morgan fingerprint density at radius 1 is 1.06 bits per heavy atom. The number of aromatic nitrogens is 2. The maximum Gasteiger partial charge on any atom is 0.410 e. The minimum atomic E-state index is -4.54. The van der Waals surface area contributed by atoms with E-state index in [4.69, 9.17) is 12.2 Å². The van der Waals surface area contributed by atoms with Crippen molar-refractivity contribution in [2.24, 2.45) is 0 Å². The second kappa shape index (κ2) is 9.57. The van der Waals surface area contributed by atoms with E-state index in [9.17, 15) is 18.0 Å². The number of rotatable bonds is 3. The Labute approximate surface area is 206 Å². The van der Waals surface area contributed by atoms with Crippen LogP contribution in [0.2, 0.25) is 0 Å². The lowest BCUT2D eigenvalue weighted by atomic mass is 9.94. The number of carbonyl (C=O) groups excluding carboxylic acids is 1. The average molecular weight is 503 g/mol. The number of thiocarbonyl (C=S) groups is 1. The van der Waals surface area contributed by atoms with Crippen LogP contribution in [-0.4, -0.2) is 27.0 Å². The van der Waals surface area contributed by atoms with Gasteiger partial charge in [-0.25, -0.2) is 4.68 Å². The fourth-order valence-corrected chi connectivity index (χ4v) is 4.09. The molecule has 3 aromatic rings. The van der Waals surface area contributed by atoms with Crippen molar-refractivity contribution in [1.82, 2.24) is 20.6 Å². The number of para-hydroxylation sites is 1. The lowest BCUT2D eigenvalue weighted by Crippen LogP contribution is -2.44. The molecule has 7 nitrogen and oxygen atoms in total. The van der Waals surface area contributed by atoms with Gasteiger partial charge in [-0.05, 0) is 61.3 Å². The molecule has 35 heavy (non-hydrogen) atoms. The summed E-state index contributed by atoms with van der Waals surface area (Å²) in [5.41, 5.74) is 9.27. The monoisotopic (exact) mass is 502 g/mol. The molecule has 0 radical (unpaired) electrons. The van der Waals surface area contributed by atoms with Crippen LogP contribution in [-0.2, 0) is 0 Å². The van der Waals surface area contributed by atoms with E-state index in [0.29, 0.717) is 0 Å². The van der Waals surface area contributed by atoms with E-state index in [1.54, 1.807) is 0 Å². The third kappa shape index (κ3) is 5.40. The first-order valence-electron chi connectivity index (χ1n) is 11.0. The Kier molecular flexibility index (Phi) is 6.70. The molecule has 0 saturated heterocycles. The van der Waals surface area contributed by atoms with E-state index in [1.807, 2.05) is 63.2 Å². The van der Waals surface area contributed by atoms with Gasteiger partial charge >= 0.3 is 6.18 Å². The molecule has 4 N–H and O–H groups in total. The van der Waals surface area contributed by atoms with Crippen LogP contribution >= 0.6 is 12.2 Å². The minimum absolute atomic E-state index is 0.118. The number of alkyl halides is 3. The number of hydrazine groups is 1. The first kappa shape index (κ1) is 24.5. The third-order valence-electron chi connectivity index (χ3n) is 6.04. The lowest BCUT2D eigenvalue weighted by molar-refractivity contribution is -0.173. The molecule has 0 saturated carbocycles. The number of carbonyl (C=O) groups is 1. The van der Waals surface area contributed by atoms with Gasteiger partial charge in [0.25, 0.3) is 5.91 Å². The van der Waals surface area contributed by atoms with Crippen LogP contribution < -0.4 is 21.5 Å². The second-order valence-corrected chi connectivity index (χ2v) is 8.95. The fourth-order valence-electron chi connectivity index (χ4n) is 3.93. The predicted octanol–water partition coefficient (Wildman–Crippen LogP) is 5.10. The van der Waals surface area contributed by atoms with Gasteiger partial charge in [0.2, 0.25) is 0 Å². The number of amides is 1. The van der Waals surface area contributed by atoms with E-state index < -0.39 is 24.2 Å². The number of hydrogen-bond acceptors (Lipinski definition) is 4. The molecule has 1 aliphatic rings. The highest BCUT2D eigenvalue weighted by molar-refractivity contribution is 7.80. The zero-order valence-electron chi connectivity index (χ0n) is 19.3. The van der Waals surface area contributed by atoms with Crippen molar-refractivity contribution in [3.8, 4) is 0 Å². The number of fused-ring (bicyclic) bond motifs is 1. The second-order valence-electron chi connectivity index (χ2n) is 8.54. The summed E-state index contributed by atoms with van der Waals surface area (Å²) in [5.74, 6) is -0.598. The Morgan fingerprint density at radius 3 is 2.49 bits per heavy atom. The summed E-state index contributed by atoms with van der Waals surface area (Å²) in [4.78, 5) is 12.6. The van der Waals surface area contributed by atoms with Crippen molar-refractivity contribution < 1.29 is 18.0 Å². The Hall–Kier alpha value is -3.60. The fraction of sp³-hybridized carbons (Fsp3) is 0.292. The van der Waals surface area contributed by atoms with Crippen molar-refractivity contribution in [3.63, 3.8) is 0 Å². The number of nitrogens with one attached hydrogen (secondary N) is 4. The molecule has 0 unspecified atom stereocenters. The summed E-state index contributed by atoms with van der Waals surface area (Å²) >= 11 is 5.18. The molecule has 0 fully saturated rings. The van der Waals surface area contributed by atoms with Crippen molar-refractivity contribution in [2.45, 2.75) is 45.5 Å². The molecule has 1 aromatic heterocycles. The summed E-state index contributed by atoms with van der Waals surface area (Å²) < 4.78 is 42.6. The van der Waals surface area contributed by atoms with Crippen molar-refractivity contribution in [3.05, 3.63) is 76.5 Å². The summed E-state index contributed by atoms with van der Waals surface area (Å²) in [6, 6.07) is 11.9. The summed E-state index contributed by atoms with van der Waals surface area (Å²) in [6.07, 6.45) is -4.78. The standard InChI is InChI=1S/C24H25F3N6OS/c1-13-8-9-16(10-15(13)3)18-11-20(24(25,26)27)33-21(28-18)12-19(32-33)22(34)30-31-23(35)29-17-7-5-4-6-14(17)2/h4-10,12,18,20,28H,11H2,1-3H3,(H,30,34)(H2,29,31,35)/t18-,20+/m1/s1. The summed E-state index contributed by atoms with van der Waals surface area (Å²) in [7, 11) is 0. The van der Waals surface area contributed by atoms with Crippen LogP contribution in [0.5, 0.6) is 0 Å². The summed E-state index contributed by atoms with van der Waals surface area (Å²) in [6.45, 7) is 5.76. The van der Waals surface area contributed by atoms with Crippen molar-refractivity contribution in [2.75, 3.05) is 10.6 Å². The Bertz CT molecular complexity index is 1270. The molecular weight excluding hydrogens is 477 g/mol. The smallest absolute Gasteiger partial charge is 0.363 e. The molecule has 2 atom stereocenters. The van der Waals surface area contributed by atoms with E-state index in [-0.39, 0.29) is 23.0 Å². The highest BCUT2D eigenvalue weighted by Gasteiger charge is 2.46. The third-order valence-corrected chi connectivity index (χ3v) is 6.24. The topological polar surface area (TPSA) is 83.0 Å². The molecule has 0 bridgehead atoms. The van der Waals surface area contributed by atoms with Gasteiger partial charge < -0.3 is 10.6 Å². The van der Waals surface area contributed by atoms with Gasteiger partial charge in [-0.3, -0.25) is 15.6 Å². The number of anilines is 2. The van der Waals surface area contributed by atoms with Crippen LogP contribution in [0.15, 0.2) is 48.5 Å². The van der Waals surface area contributed by atoms with Gasteiger partial charge in [0.05, 0.1) is 6.04 Å². The first-order valence-corrected chi connectivity index (χ1v) is 11.4. The van der Waals surface area contributed by atoms with Crippen LogP contribution in [0, 0.1) is 20.8 Å². The lowest BCUT2D eigenvalue weighted by Gasteiger charge is -2.33. The number of hydrogen-bond donors (Lipinski definition) is 4. The number of halogens is 3. The van der Waals surface area contributed by atoms with Crippen molar-refractivity contribution in [1.29, 1.82) is 0 Å². The Balaban J connectivity index is 1.50. The first-order chi connectivity index (χ1) is 16.5. The van der Waals surface area contributed by atoms with E-state index in [2.05, 4.69) is 26.6 Å². The number of aryl methyl sites for hydroxylation is 3. The highest BCUT2D eigenvalue weighted by Crippen LogP contribution is 2.43. The van der Waals surface area contributed by atoms with E-state index in [1.165, 1.54) is 6.07 Å². The van der Waals surface area contributed by atoms with E-state index >= 15 is 0 Å². The minimum Gasteiger partial charge on any atom is -0.363 e. The van der Waals surface area contributed by atoms with Gasteiger partial charge in [0.1, 0.15) is 5.82 Å². The Morgan fingerprint density at radius 2 is 1.80 bits per heavy atom. The van der Waals surface area contributed by atoms with Gasteiger partial charge in [-0.15, -0.1) is 0 Å². The van der Waals surface area contributed by atoms with Crippen molar-refractivity contribution >= 4 is 34.7 Å². The molecule has 0 aliphatic carbocycles. The largest absolute Gasteiger partial charge is 0.410 e. The van der Waals surface area contributed by atoms with E-state index in [0.717, 1.165) is 32.6 Å². The molecule has 2 aromatic carbocycles. The van der Waals surface area contributed by atoms with Gasteiger partial charge in [-0.1, -0.05) is 36.4 Å². The molecule has 4 rings (SSSR count). The van der Waals surface area contributed by atoms with Crippen LogP contribution in [0.4, 0.5) is 24.7 Å². The molecule has 1 amide bonds. The van der Waals surface area contributed by atoms with Crippen LogP contribution in [0.1, 0.15) is 51.2 Å². The number of nitrogens with zero attached hydrogens (tertiary/aromatic N) is 2. The molecular formula is C24H25F3N6OS. The molecule has 2 heterocycles. The molecule has 184 valence electrons. The highest BCUT2D eigenvalue weighted by atomic mass is 32.1.